The first-order valence-electron chi connectivity index (χ1n) is 7.02. The van der Waals surface area contributed by atoms with E-state index in [0.29, 0.717) is 18.0 Å². The highest BCUT2D eigenvalue weighted by molar-refractivity contribution is 4.85. The van der Waals surface area contributed by atoms with Crippen molar-refractivity contribution >= 4 is 0 Å². The van der Waals surface area contributed by atoms with Crippen LogP contribution < -0.4 is 5.32 Å². The van der Waals surface area contributed by atoms with Crippen molar-refractivity contribution in [3.05, 3.63) is 0 Å². The molecule has 17 heavy (non-hydrogen) atoms. The third-order valence-corrected chi connectivity index (χ3v) is 3.29. The second-order valence-electron chi connectivity index (χ2n) is 5.98. The molecule has 1 unspecified atom stereocenters. The van der Waals surface area contributed by atoms with Crippen molar-refractivity contribution in [1.82, 2.24) is 10.2 Å². The second-order valence-corrected chi connectivity index (χ2v) is 5.98. The Morgan fingerprint density at radius 1 is 1.24 bits per heavy atom. The van der Waals surface area contributed by atoms with E-state index in [1.807, 2.05) is 0 Å². The summed E-state index contributed by atoms with van der Waals surface area (Å²) in [6, 6.07) is 1.86. The lowest BCUT2D eigenvalue weighted by atomic mass is 10.1. The highest BCUT2D eigenvalue weighted by atomic mass is 16.5. The number of hydrogen-bond acceptors (Lipinski definition) is 3. The first kappa shape index (κ1) is 14.9. The minimum atomic E-state index is 0.503. The molecule has 1 N–H and O–H groups in total. The average Bonchev–Trinajstić information content (AvgIpc) is 3.04. The molecule has 0 aromatic heterocycles. The van der Waals surface area contributed by atoms with Gasteiger partial charge in [0.15, 0.2) is 0 Å². The van der Waals surface area contributed by atoms with Crippen LogP contribution in [0.2, 0.25) is 0 Å². The van der Waals surface area contributed by atoms with Crippen LogP contribution in [0.4, 0.5) is 0 Å². The van der Waals surface area contributed by atoms with E-state index in [4.69, 9.17) is 4.74 Å². The number of rotatable bonds is 9. The van der Waals surface area contributed by atoms with Gasteiger partial charge in [-0.1, -0.05) is 13.8 Å². The number of methoxy groups -OCH3 is 1. The Bertz CT molecular complexity index is 202. The normalized spacial score (nSPS) is 18.4. The zero-order valence-electron chi connectivity index (χ0n) is 12.2. The van der Waals surface area contributed by atoms with Crippen LogP contribution in [0.5, 0.6) is 0 Å². The summed E-state index contributed by atoms with van der Waals surface area (Å²) in [4.78, 5) is 2.57. The Morgan fingerprint density at radius 3 is 2.29 bits per heavy atom. The molecule has 1 rings (SSSR count). The SMILES string of the molecule is COCC(CNC1CC1)N(CC(C)C)C(C)C. The third-order valence-electron chi connectivity index (χ3n) is 3.29. The Kier molecular flexibility index (Phi) is 6.45. The lowest BCUT2D eigenvalue weighted by Crippen LogP contribution is -2.50. The van der Waals surface area contributed by atoms with E-state index in [2.05, 4.69) is 37.9 Å². The number of nitrogens with one attached hydrogen (secondary N) is 1. The van der Waals surface area contributed by atoms with Crippen molar-refractivity contribution in [2.24, 2.45) is 5.92 Å². The topological polar surface area (TPSA) is 24.5 Å². The number of nitrogens with zero attached hydrogens (tertiary/aromatic N) is 1. The van der Waals surface area contributed by atoms with E-state index in [9.17, 15) is 0 Å². The lowest BCUT2D eigenvalue weighted by molar-refractivity contribution is 0.0610. The van der Waals surface area contributed by atoms with Crippen LogP contribution in [-0.4, -0.2) is 49.8 Å². The standard InChI is InChI=1S/C14H30N2O/c1-11(2)9-16(12(3)4)14(10-17-5)8-15-13-6-7-13/h11-15H,6-10H2,1-5H3. The maximum Gasteiger partial charge on any atom is 0.0630 e. The van der Waals surface area contributed by atoms with Gasteiger partial charge >= 0.3 is 0 Å². The van der Waals surface area contributed by atoms with Gasteiger partial charge in [-0.3, -0.25) is 4.90 Å². The van der Waals surface area contributed by atoms with E-state index in [0.717, 1.165) is 25.7 Å². The summed E-state index contributed by atoms with van der Waals surface area (Å²) in [5, 5.41) is 3.63. The first-order chi connectivity index (χ1) is 8.04. The Labute approximate surface area is 107 Å². The van der Waals surface area contributed by atoms with Gasteiger partial charge in [0, 0.05) is 38.3 Å². The largest absolute Gasteiger partial charge is 0.383 e. The molecule has 1 saturated carbocycles. The monoisotopic (exact) mass is 242 g/mol. The fourth-order valence-electron chi connectivity index (χ4n) is 2.26. The molecular weight excluding hydrogens is 212 g/mol. The Hall–Kier alpha value is -0.120. The molecule has 0 aromatic rings. The van der Waals surface area contributed by atoms with Gasteiger partial charge in [-0.05, 0) is 32.6 Å². The molecule has 1 aliphatic carbocycles. The third kappa shape index (κ3) is 5.84. The highest BCUT2D eigenvalue weighted by Gasteiger charge is 2.26. The van der Waals surface area contributed by atoms with Crippen molar-refractivity contribution in [3.8, 4) is 0 Å². The molecular formula is C14H30N2O. The van der Waals surface area contributed by atoms with Crippen LogP contribution in [0, 0.1) is 5.92 Å². The van der Waals surface area contributed by atoms with E-state index in [1.165, 1.54) is 12.8 Å². The van der Waals surface area contributed by atoms with Crippen LogP contribution in [-0.2, 0) is 4.74 Å². The van der Waals surface area contributed by atoms with Crippen molar-refractivity contribution in [2.75, 3.05) is 26.8 Å². The van der Waals surface area contributed by atoms with E-state index >= 15 is 0 Å². The average molecular weight is 242 g/mol. The van der Waals surface area contributed by atoms with Crippen LogP contribution in [0.3, 0.4) is 0 Å². The van der Waals surface area contributed by atoms with Gasteiger partial charge in [-0.2, -0.15) is 0 Å². The Balaban J connectivity index is 2.47. The van der Waals surface area contributed by atoms with Crippen LogP contribution in [0.25, 0.3) is 0 Å². The summed E-state index contributed by atoms with van der Waals surface area (Å²) in [5.74, 6) is 0.706. The summed E-state index contributed by atoms with van der Waals surface area (Å²) < 4.78 is 5.39. The number of hydrogen-bond donors (Lipinski definition) is 1. The molecule has 0 spiro atoms. The van der Waals surface area contributed by atoms with Gasteiger partial charge in [0.05, 0.1) is 6.61 Å². The molecule has 0 heterocycles. The van der Waals surface area contributed by atoms with Gasteiger partial charge in [0.2, 0.25) is 0 Å². The lowest BCUT2D eigenvalue weighted by Gasteiger charge is -2.36. The minimum Gasteiger partial charge on any atom is -0.383 e. The summed E-state index contributed by atoms with van der Waals surface area (Å²) in [7, 11) is 1.80. The van der Waals surface area contributed by atoms with Crippen molar-refractivity contribution in [3.63, 3.8) is 0 Å². The summed E-state index contributed by atoms with van der Waals surface area (Å²) in [5.41, 5.74) is 0. The fraction of sp³-hybridized carbons (Fsp3) is 1.00. The van der Waals surface area contributed by atoms with Gasteiger partial charge in [0.1, 0.15) is 0 Å². The molecule has 0 aliphatic heterocycles. The fourth-order valence-corrected chi connectivity index (χ4v) is 2.26. The smallest absolute Gasteiger partial charge is 0.0630 e. The second kappa shape index (κ2) is 7.34. The molecule has 0 radical (unpaired) electrons. The van der Waals surface area contributed by atoms with E-state index in [1.54, 1.807) is 7.11 Å². The van der Waals surface area contributed by atoms with Gasteiger partial charge < -0.3 is 10.1 Å². The van der Waals surface area contributed by atoms with Crippen LogP contribution >= 0.6 is 0 Å². The molecule has 0 bridgehead atoms. The molecule has 3 heteroatoms. The first-order valence-corrected chi connectivity index (χ1v) is 7.02. The predicted octanol–water partition coefficient (Wildman–Crippen LogP) is 2.12. The zero-order chi connectivity index (χ0) is 12.8. The molecule has 0 aromatic carbocycles. The number of ether oxygens (including phenoxy) is 1. The predicted molar refractivity (Wildman–Crippen MR) is 73.4 cm³/mol. The molecule has 0 amide bonds. The summed E-state index contributed by atoms with van der Waals surface area (Å²) >= 11 is 0. The molecule has 3 nitrogen and oxygen atoms in total. The maximum atomic E-state index is 5.39. The summed E-state index contributed by atoms with van der Waals surface area (Å²) in [6.45, 7) is 12.2. The van der Waals surface area contributed by atoms with Crippen molar-refractivity contribution in [1.29, 1.82) is 0 Å². The van der Waals surface area contributed by atoms with Crippen molar-refractivity contribution < 1.29 is 4.74 Å². The van der Waals surface area contributed by atoms with Crippen LogP contribution in [0.1, 0.15) is 40.5 Å². The maximum absolute atomic E-state index is 5.39. The zero-order valence-corrected chi connectivity index (χ0v) is 12.2. The molecule has 1 aliphatic rings. The molecule has 102 valence electrons. The van der Waals surface area contributed by atoms with Gasteiger partial charge in [-0.25, -0.2) is 0 Å². The quantitative estimate of drug-likeness (QED) is 0.670. The van der Waals surface area contributed by atoms with Gasteiger partial charge in [-0.15, -0.1) is 0 Å². The molecule has 1 fully saturated rings. The van der Waals surface area contributed by atoms with E-state index in [-0.39, 0.29) is 0 Å². The molecule has 1 atom stereocenters. The highest BCUT2D eigenvalue weighted by Crippen LogP contribution is 2.19. The summed E-state index contributed by atoms with van der Waals surface area (Å²) in [6.07, 6.45) is 2.71. The van der Waals surface area contributed by atoms with Crippen LogP contribution in [0.15, 0.2) is 0 Å². The van der Waals surface area contributed by atoms with Crippen molar-refractivity contribution in [2.45, 2.75) is 58.7 Å². The minimum absolute atomic E-state index is 0.503. The van der Waals surface area contributed by atoms with Gasteiger partial charge in [0.25, 0.3) is 0 Å². The Morgan fingerprint density at radius 2 is 1.88 bits per heavy atom. The van der Waals surface area contributed by atoms with E-state index < -0.39 is 0 Å². The molecule has 0 saturated heterocycles.